The van der Waals surface area contributed by atoms with Crippen molar-refractivity contribution in [1.29, 1.82) is 0 Å². The lowest BCUT2D eigenvalue weighted by Crippen LogP contribution is -1.99. The van der Waals surface area contributed by atoms with Gasteiger partial charge in [0.05, 0.1) is 11.2 Å². The van der Waals surface area contributed by atoms with Crippen LogP contribution in [-0.4, -0.2) is 9.97 Å². The number of nitrogens with two attached hydrogens (primary N) is 1. The number of benzene rings is 1. The van der Waals surface area contributed by atoms with Gasteiger partial charge in [0, 0.05) is 10.9 Å². The van der Waals surface area contributed by atoms with Gasteiger partial charge in [-0.3, -0.25) is 0 Å². The summed E-state index contributed by atoms with van der Waals surface area (Å²) >= 11 is 0. The molecule has 2 rings (SSSR count). The third kappa shape index (κ3) is 1.44. The Bertz CT molecular complexity index is 549. The maximum Gasteiger partial charge on any atom is 0.220 e. The Hall–Kier alpha value is -1.97. The molecule has 2 aromatic rings. The van der Waals surface area contributed by atoms with Crippen molar-refractivity contribution in [3.05, 3.63) is 35.8 Å². The van der Waals surface area contributed by atoms with Gasteiger partial charge in [-0.25, -0.2) is 14.4 Å². The average molecular weight is 203 g/mol. The average Bonchev–Trinajstić information content (AvgIpc) is 2.18. The van der Waals surface area contributed by atoms with Crippen molar-refractivity contribution in [1.82, 2.24) is 9.97 Å². The predicted molar refractivity (Wildman–Crippen MR) is 58.7 cm³/mol. The van der Waals surface area contributed by atoms with Gasteiger partial charge in [0.1, 0.15) is 5.82 Å². The standard InChI is InChI=1S/C11H10FN3/c1-3-7-8(12)4-5-9-10(7)6(2)14-11(13)15-9/h3-5H,1H2,2H3,(H2,13,14,15). The summed E-state index contributed by atoms with van der Waals surface area (Å²) in [4.78, 5) is 8.04. The first-order valence-electron chi connectivity index (χ1n) is 4.48. The number of hydrogen-bond donors (Lipinski definition) is 1. The molecule has 0 spiro atoms. The molecule has 1 aromatic carbocycles. The van der Waals surface area contributed by atoms with Gasteiger partial charge >= 0.3 is 0 Å². The Morgan fingerprint density at radius 1 is 1.40 bits per heavy atom. The zero-order chi connectivity index (χ0) is 11.0. The molecule has 3 nitrogen and oxygen atoms in total. The number of nitrogens with zero attached hydrogens (tertiary/aromatic N) is 2. The molecule has 0 fully saturated rings. The highest BCUT2D eigenvalue weighted by molar-refractivity contribution is 5.90. The monoisotopic (exact) mass is 203 g/mol. The molecule has 2 N–H and O–H groups in total. The molecule has 4 heteroatoms. The fourth-order valence-electron chi connectivity index (χ4n) is 1.63. The van der Waals surface area contributed by atoms with E-state index in [4.69, 9.17) is 5.73 Å². The van der Waals surface area contributed by atoms with Crippen LogP contribution < -0.4 is 5.73 Å². The summed E-state index contributed by atoms with van der Waals surface area (Å²) in [7, 11) is 0. The van der Waals surface area contributed by atoms with Gasteiger partial charge in [0.2, 0.25) is 5.95 Å². The normalized spacial score (nSPS) is 10.5. The van der Waals surface area contributed by atoms with Crippen LogP contribution in [0.25, 0.3) is 17.0 Å². The molecule has 0 unspecified atom stereocenters. The van der Waals surface area contributed by atoms with Crippen molar-refractivity contribution < 1.29 is 4.39 Å². The molecular formula is C11H10FN3. The predicted octanol–water partition coefficient (Wildman–Crippen LogP) is 2.30. The second kappa shape index (κ2) is 3.31. The Balaban J connectivity index is 2.97. The maximum atomic E-state index is 13.4. The van der Waals surface area contributed by atoms with Crippen LogP contribution in [0, 0.1) is 12.7 Å². The summed E-state index contributed by atoms with van der Waals surface area (Å²) in [6, 6.07) is 2.94. The molecule has 0 bridgehead atoms. The number of anilines is 1. The maximum absolute atomic E-state index is 13.4. The minimum atomic E-state index is -0.325. The first-order chi connectivity index (χ1) is 7.13. The minimum Gasteiger partial charge on any atom is -0.368 e. The molecule has 0 aliphatic carbocycles. The lowest BCUT2D eigenvalue weighted by atomic mass is 10.1. The van der Waals surface area contributed by atoms with Gasteiger partial charge in [-0.1, -0.05) is 12.7 Å². The van der Waals surface area contributed by atoms with Crippen molar-refractivity contribution in [3.63, 3.8) is 0 Å². The molecule has 0 aliphatic heterocycles. The van der Waals surface area contributed by atoms with Gasteiger partial charge in [-0.15, -0.1) is 0 Å². The summed E-state index contributed by atoms with van der Waals surface area (Å²) in [6.45, 7) is 5.35. The van der Waals surface area contributed by atoms with Gasteiger partial charge in [0.25, 0.3) is 0 Å². The van der Waals surface area contributed by atoms with Crippen LogP contribution in [-0.2, 0) is 0 Å². The van der Waals surface area contributed by atoms with E-state index in [-0.39, 0.29) is 11.8 Å². The highest BCUT2D eigenvalue weighted by atomic mass is 19.1. The number of nitrogen functional groups attached to an aromatic ring is 1. The van der Waals surface area contributed by atoms with Crippen LogP contribution in [0.1, 0.15) is 11.3 Å². The van der Waals surface area contributed by atoms with E-state index in [1.54, 1.807) is 13.0 Å². The van der Waals surface area contributed by atoms with Crippen molar-refractivity contribution in [2.24, 2.45) is 0 Å². The second-order valence-corrected chi connectivity index (χ2v) is 3.23. The first kappa shape index (κ1) is 9.58. The van der Waals surface area contributed by atoms with Gasteiger partial charge in [-0.2, -0.15) is 0 Å². The number of hydrogen-bond acceptors (Lipinski definition) is 3. The van der Waals surface area contributed by atoms with Crippen LogP contribution in [0.5, 0.6) is 0 Å². The molecule has 1 heterocycles. The minimum absolute atomic E-state index is 0.196. The molecule has 0 aliphatic rings. The largest absolute Gasteiger partial charge is 0.368 e. The Morgan fingerprint density at radius 3 is 2.80 bits per heavy atom. The highest BCUT2D eigenvalue weighted by Gasteiger charge is 2.09. The molecule has 15 heavy (non-hydrogen) atoms. The van der Waals surface area contributed by atoms with E-state index in [9.17, 15) is 4.39 Å². The van der Waals surface area contributed by atoms with Crippen LogP contribution in [0.4, 0.5) is 10.3 Å². The lowest BCUT2D eigenvalue weighted by Gasteiger charge is -2.06. The molecule has 0 amide bonds. The van der Waals surface area contributed by atoms with Crippen LogP contribution in [0.15, 0.2) is 18.7 Å². The van der Waals surface area contributed by atoms with E-state index in [0.717, 1.165) is 0 Å². The quantitative estimate of drug-likeness (QED) is 0.773. The first-order valence-corrected chi connectivity index (χ1v) is 4.48. The van der Waals surface area contributed by atoms with Crippen LogP contribution in [0.2, 0.25) is 0 Å². The molecule has 1 aromatic heterocycles. The number of fused-ring (bicyclic) bond motifs is 1. The molecule has 0 saturated heterocycles. The summed E-state index contributed by atoms with van der Waals surface area (Å²) in [6.07, 6.45) is 1.46. The third-order valence-corrected chi connectivity index (χ3v) is 2.25. The van der Waals surface area contributed by atoms with Crippen molar-refractivity contribution in [3.8, 4) is 0 Å². The Labute approximate surface area is 86.5 Å². The molecule has 76 valence electrons. The number of rotatable bonds is 1. The Kier molecular flexibility index (Phi) is 2.11. The van der Waals surface area contributed by atoms with E-state index in [2.05, 4.69) is 16.5 Å². The molecule has 0 atom stereocenters. The van der Waals surface area contributed by atoms with Crippen LogP contribution >= 0.6 is 0 Å². The second-order valence-electron chi connectivity index (χ2n) is 3.23. The lowest BCUT2D eigenvalue weighted by molar-refractivity contribution is 0.627. The van der Waals surface area contributed by atoms with Gasteiger partial charge in [-0.05, 0) is 19.1 Å². The zero-order valence-electron chi connectivity index (χ0n) is 8.29. The molecule has 0 saturated carbocycles. The van der Waals surface area contributed by atoms with E-state index in [1.165, 1.54) is 12.1 Å². The van der Waals surface area contributed by atoms with Crippen molar-refractivity contribution in [2.45, 2.75) is 6.92 Å². The third-order valence-electron chi connectivity index (χ3n) is 2.25. The topological polar surface area (TPSA) is 51.8 Å². The SMILES string of the molecule is C=Cc1c(F)ccc2nc(N)nc(C)c12. The number of aromatic nitrogens is 2. The van der Waals surface area contributed by atoms with E-state index < -0.39 is 0 Å². The van der Waals surface area contributed by atoms with Gasteiger partial charge in [0.15, 0.2) is 0 Å². The fraction of sp³-hybridized carbons (Fsp3) is 0.0909. The van der Waals surface area contributed by atoms with Crippen molar-refractivity contribution >= 4 is 22.9 Å². The highest BCUT2D eigenvalue weighted by Crippen LogP contribution is 2.24. The molecule has 0 radical (unpaired) electrons. The summed E-state index contributed by atoms with van der Waals surface area (Å²) in [5.74, 6) is -0.129. The fourth-order valence-corrected chi connectivity index (χ4v) is 1.63. The smallest absolute Gasteiger partial charge is 0.220 e. The summed E-state index contributed by atoms with van der Waals surface area (Å²) < 4.78 is 13.4. The zero-order valence-corrected chi connectivity index (χ0v) is 8.29. The molecular weight excluding hydrogens is 193 g/mol. The summed E-state index contributed by atoms with van der Waals surface area (Å²) in [5, 5.41) is 0.666. The number of halogens is 1. The van der Waals surface area contributed by atoms with E-state index in [0.29, 0.717) is 22.2 Å². The van der Waals surface area contributed by atoms with Gasteiger partial charge < -0.3 is 5.73 Å². The summed E-state index contributed by atoms with van der Waals surface area (Å²) in [5.41, 5.74) is 7.23. The number of aryl methyl sites for hydroxylation is 1. The Morgan fingerprint density at radius 2 is 2.13 bits per heavy atom. The van der Waals surface area contributed by atoms with Crippen molar-refractivity contribution in [2.75, 3.05) is 5.73 Å². The van der Waals surface area contributed by atoms with E-state index >= 15 is 0 Å². The van der Waals surface area contributed by atoms with E-state index in [1.807, 2.05) is 0 Å². The van der Waals surface area contributed by atoms with Crippen LogP contribution in [0.3, 0.4) is 0 Å².